The molecule has 5 nitrogen and oxygen atoms in total. The van der Waals surface area contributed by atoms with E-state index < -0.39 is 0 Å². The van der Waals surface area contributed by atoms with Gasteiger partial charge in [-0.1, -0.05) is 37.3 Å². The highest BCUT2D eigenvalue weighted by atomic mass is 32.1. The third-order valence-corrected chi connectivity index (χ3v) is 6.88. The van der Waals surface area contributed by atoms with Gasteiger partial charge < -0.3 is 19.4 Å². The maximum atomic E-state index is 8.88. The summed E-state index contributed by atoms with van der Waals surface area (Å²) in [6.07, 6.45) is 5.41. The maximum Gasteiger partial charge on any atom is 0.0991 e. The van der Waals surface area contributed by atoms with Gasteiger partial charge >= 0.3 is 0 Å². The van der Waals surface area contributed by atoms with Crippen molar-refractivity contribution in [1.82, 2.24) is 9.80 Å². The Balaban J connectivity index is 0.000000248. The van der Waals surface area contributed by atoms with Crippen molar-refractivity contribution in [3.8, 4) is 6.07 Å². The summed E-state index contributed by atoms with van der Waals surface area (Å²) in [5.41, 5.74) is 3.97. The van der Waals surface area contributed by atoms with Crippen LogP contribution >= 0.6 is 12.6 Å². The Morgan fingerprint density at radius 2 is 1.65 bits per heavy atom. The number of piperidine rings is 1. The van der Waals surface area contributed by atoms with Crippen LogP contribution in [0.5, 0.6) is 0 Å². The number of para-hydroxylation sites is 1. The second-order valence-electron chi connectivity index (χ2n) is 8.85. The summed E-state index contributed by atoms with van der Waals surface area (Å²) < 4.78 is 5.01. The topological polar surface area (TPSA) is 42.7 Å². The number of methoxy groups -OCH3 is 1. The Bertz CT molecular complexity index is 926. The second kappa shape index (κ2) is 14.1. The van der Waals surface area contributed by atoms with Gasteiger partial charge in [-0.25, -0.2) is 0 Å². The molecule has 4 rings (SSSR count). The first-order valence-corrected chi connectivity index (χ1v) is 12.8. The molecule has 2 aromatic carbocycles. The van der Waals surface area contributed by atoms with Crippen LogP contribution in [-0.2, 0) is 4.74 Å². The minimum Gasteiger partial charge on any atom is -0.385 e. The predicted molar refractivity (Wildman–Crippen MR) is 144 cm³/mol. The van der Waals surface area contributed by atoms with Gasteiger partial charge in [-0.15, -0.1) is 12.6 Å². The molecule has 2 heterocycles. The van der Waals surface area contributed by atoms with E-state index in [0.717, 1.165) is 48.9 Å². The number of nitrogens with zero attached hydrogens (tertiary/aromatic N) is 4. The van der Waals surface area contributed by atoms with Gasteiger partial charge in [-0.2, -0.15) is 5.26 Å². The van der Waals surface area contributed by atoms with E-state index >= 15 is 0 Å². The molecule has 2 aliphatic rings. The summed E-state index contributed by atoms with van der Waals surface area (Å²) in [4.78, 5) is 8.23. The summed E-state index contributed by atoms with van der Waals surface area (Å²) in [5.74, 6) is 0. The molecule has 2 saturated heterocycles. The smallest absolute Gasteiger partial charge is 0.0991 e. The molecular weight excluding hydrogens is 440 g/mol. The van der Waals surface area contributed by atoms with Crippen LogP contribution in [0.4, 0.5) is 5.69 Å². The lowest BCUT2D eigenvalue weighted by molar-refractivity contribution is 0.162. The first kappa shape index (κ1) is 26.2. The number of benzene rings is 2. The summed E-state index contributed by atoms with van der Waals surface area (Å²) in [6, 6.07) is 18.0. The van der Waals surface area contributed by atoms with Gasteiger partial charge in [0.25, 0.3) is 0 Å². The zero-order valence-electron chi connectivity index (χ0n) is 20.5. The minimum atomic E-state index is 0.678. The SMILES string of the molecule is C=C(c1ccc(C#N)cc1)N1CCN(c2ccccc2S)CC1.COCCCN1CCCCC1. The van der Waals surface area contributed by atoms with Crippen LogP contribution in [-0.4, -0.2) is 69.3 Å². The lowest BCUT2D eigenvalue weighted by atomic mass is 10.1. The largest absolute Gasteiger partial charge is 0.385 e. The fourth-order valence-corrected chi connectivity index (χ4v) is 4.79. The van der Waals surface area contributed by atoms with Crippen molar-refractivity contribution in [3.05, 3.63) is 66.2 Å². The van der Waals surface area contributed by atoms with Gasteiger partial charge in [0, 0.05) is 57.0 Å². The van der Waals surface area contributed by atoms with Crippen LogP contribution in [0.3, 0.4) is 0 Å². The molecule has 0 unspecified atom stereocenters. The van der Waals surface area contributed by atoms with Gasteiger partial charge in [0.2, 0.25) is 0 Å². The number of likely N-dealkylation sites (tertiary alicyclic amines) is 1. The predicted octanol–water partition coefficient (Wildman–Crippen LogP) is 5.15. The number of piperazine rings is 1. The molecule has 34 heavy (non-hydrogen) atoms. The molecule has 0 atom stereocenters. The summed E-state index contributed by atoms with van der Waals surface area (Å²) >= 11 is 4.55. The van der Waals surface area contributed by atoms with Crippen molar-refractivity contribution < 1.29 is 4.74 Å². The Morgan fingerprint density at radius 3 is 2.26 bits per heavy atom. The Labute approximate surface area is 211 Å². The molecule has 2 aromatic rings. The molecule has 182 valence electrons. The highest BCUT2D eigenvalue weighted by Crippen LogP contribution is 2.26. The van der Waals surface area contributed by atoms with Crippen molar-refractivity contribution in [3.63, 3.8) is 0 Å². The van der Waals surface area contributed by atoms with Crippen LogP contribution in [0.2, 0.25) is 0 Å². The van der Waals surface area contributed by atoms with Crippen molar-refractivity contribution in [2.45, 2.75) is 30.6 Å². The van der Waals surface area contributed by atoms with Gasteiger partial charge in [0.15, 0.2) is 0 Å². The molecule has 2 aliphatic heterocycles. The second-order valence-corrected chi connectivity index (χ2v) is 9.33. The zero-order chi connectivity index (χ0) is 24.2. The number of hydrogen-bond acceptors (Lipinski definition) is 6. The molecule has 2 fully saturated rings. The number of nitriles is 1. The molecule has 0 aromatic heterocycles. The van der Waals surface area contributed by atoms with E-state index in [0.29, 0.717) is 5.56 Å². The lowest BCUT2D eigenvalue weighted by Gasteiger charge is -2.38. The first-order chi connectivity index (χ1) is 16.6. The lowest BCUT2D eigenvalue weighted by Crippen LogP contribution is -2.45. The monoisotopic (exact) mass is 478 g/mol. The average Bonchev–Trinajstić information content (AvgIpc) is 2.90. The normalized spacial score (nSPS) is 16.4. The molecule has 0 spiro atoms. The fourth-order valence-electron chi connectivity index (χ4n) is 4.48. The molecular formula is C28H38N4OS. The quantitative estimate of drug-likeness (QED) is 0.440. The van der Waals surface area contributed by atoms with E-state index in [1.54, 1.807) is 7.11 Å². The van der Waals surface area contributed by atoms with E-state index in [-0.39, 0.29) is 0 Å². The molecule has 0 amide bonds. The van der Waals surface area contributed by atoms with E-state index in [1.165, 1.54) is 51.0 Å². The van der Waals surface area contributed by atoms with Crippen LogP contribution in [0.15, 0.2) is 60.0 Å². The molecule has 0 aliphatic carbocycles. The maximum absolute atomic E-state index is 8.88. The number of rotatable bonds is 7. The third-order valence-electron chi connectivity index (χ3n) is 6.50. The van der Waals surface area contributed by atoms with Crippen molar-refractivity contribution >= 4 is 24.0 Å². The molecule has 0 radical (unpaired) electrons. The molecule has 6 heteroatoms. The average molecular weight is 479 g/mol. The molecule has 0 bridgehead atoms. The highest BCUT2D eigenvalue weighted by molar-refractivity contribution is 7.80. The number of hydrogen-bond donors (Lipinski definition) is 1. The van der Waals surface area contributed by atoms with Crippen LogP contribution in [0.25, 0.3) is 5.70 Å². The standard InChI is InChI=1S/C19H19N3S.C9H19NO/c1-15(17-8-6-16(14-20)7-9-17)21-10-12-22(13-11-21)18-4-2-3-5-19(18)23;1-11-9-5-8-10-6-3-2-4-7-10/h2-9,23H,1,10-13H2;2-9H2,1H3. The number of anilines is 1. The molecule has 0 N–H and O–H groups in total. The van der Waals surface area contributed by atoms with Crippen molar-refractivity contribution in [1.29, 1.82) is 5.26 Å². The van der Waals surface area contributed by atoms with Crippen molar-refractivity contribution in [2.75, 3.05) is 64.4 Å². The molecule has 0 saturated carbocycles. The zero-order valence-corrected chi connectivity index (χ0v) is 21.3. The first-order valence-electron chi connectivity index (χ1n) is 12.3. The van der Waals surface area contributed by atoms with E-state index in [9.17, 15) is 0 Å². The highest BCUT2D eigenvalue weighted by Gasteiger charge is 2.20. The van der Waals surface area contributed by atoms with Crippen LogP contribution in [0.1, 0.15) is 36.8 Å². The fraction of sp³-hybridized carbons (Fsp3) is 0.464. The summed E-state index contributed by atoms with van der Waals surface area (Å²) in [7, 11) is 1.77. The van der Waals surface area contributed by atoms with Gasteiger partial charge in [-0.05, 0) is 62.2 Å². The van der Waals surface area contributed by atoms with Gasteiger partial charge in [0.05, 0.1) is 17.3 Å². The summed E-state index contributed by atoms with van der Waals surface area (Å²) in [6.45, 7) is 12.8. The Morgan fingerprint density at radius 1 is 0.971 bits per heavy atom. The number of thiol groups is 1. The van der Waals surface area contributed by atoms with E-state index in [4.69, 9.17) is 10.00 Å². The third kappa shape index (κ3) is 7.80. The Hall–Kier alpha value is -2.46. The number of ether oxygens (including phenoxy) is 1. The minimum absolute atomic E-state index is 0.678. The van der Waals surface area contributed by atoms with E-state index in [1.807, 2.05) is 36.4 Å². The van der Waals surface area contributed by atoms with Gasteiger partial charge in [0.1, 0.15) is 0 Å². The summed E-state index contributed by atoms with van der Waals surface area (Å²) in [5, 5.41) is 8.88. The van der Waals surface area contributed by atoms with Crippen LogP contribution < -0.4 is 4.90 Å². The van der Waals surface area contributed by atoms with Crippen LogP contribution in [0, 0.1) is 11.3 Å². The van der Waals surface area contributed by atoms with Gasteiger partial charge in [-0.3, -0.25) is 0 Å². The Kier molecular flexibility index (Phi) is 10.8. The van der Waals surface area contributed by atoms with Crippen molar-refractivity contribution in [2.24, 2.45) is 0 Å². The van der Waals surface area contributed by atoms with E-state index in [2.05, 4.69) is 52.1 Å².